The molecule has 1 N–H and O–H groups in total. The lowest BCUT2D eigenvalue weighted by Gasteiger charge is -2.19. The molecule has 1 amide bonds. The molecule has 0 atom stereocenters. The Kier molecular flexibility index (Phi) is 11.8. The van der Waals surface area contributed by atoms with Crippen LogP contribution in [-0.4, -0.2) is 18.6 Å². The van der Waals surface area contributed by atoms with Gasteiger partial charge in [-0.1, -0.05) is 83.3 Å². The normalized spacial score (nSPS) is 17.3. The molecule has 3 heteroatoms. The molecule has 28 heavy (non-hydrogen) atoms. The van der Waals surface area contributed by atoms with Crippen molar-refractivity contribution in [2.24, 2.45) is 0 Å². The van der Waals surface area contributed by atoms with E-state index < -0.39 is 0 Å². The van der Waals surface area contributed by atoms with Crippen molar-refractivity contribution in [3.8, 4) is 5.75 Å². The molecule has 0 bridgehead atoms. The van der Waals surface area contributed by atoms with E-state index in [0.717, 1.165) is 37.9 Å². The number of hydrogen-bond donors (Lipinski definition) is 1. The highest BCUT2D eigenvalue weighted by atomic mass is 16.5. The summed E-state index contributed by atoms with van der Waals surface area (Å²) in [5.41, 5.74) is 1.35. The number of rotatable bonds is 8. The van der Waals surface area contributed by atoms with Crippen molar-refractivity contribution in [3.63, 3.8) is 0 Å². The summed E-state index contributed by atoms with van der Waals surface area (Å²) in [7, 11) is 0. The molecule has 0 unspecified atom stereocenters. The number of nitrogens with one attached hydrogen (secondary N) is 1. The standard InChI is InChI=1S/C25H41NO2/c1-2-13-22-17-19-24(20-18-22)28-21-12-16-25(27)26-23-14-10-8-6-4-3-5-7-9-11-15-23/h17-20,23H,2-16,21H2,1H3,(H,26,27). The zero-order valence-electron chi connectivity index (χ0n) is 18.0. The summed E-state index contributed by atoms with van der Waals surface area (Å²) < 4.78 is 5.79. The first kappa shape index (κ1) is 22.8. The van der Waals surface area contributed by atoms with Gasteiger partial charge in [0.1, 0.15) is 5.75 Å². The quantitative estimate of drug-likeness (QED) is 0.511. The summed E-state index contributed by atoms with van der Waals surface area (Å²) in [6.45, 7) is 2.79. The highest BCUT2D eigenvalue weighted by molar-refractivity contribution is 5.76. The van der Waals surface area contributed by atoms with Gasteiger partial charge in [-0.15, -0.1) is 0 Å². The summed E-state index contributed by atoms with van der Waals surface area (Å²) in [5.74, 6) is 1.10. The second-order valence-electron chi connectivity index (χ2n) is 8.37. The molecule has 0 aromatic heterocycles. The van der Waals surface area contributed by atoms with E-state index in [1.807, 2.05) is 12.1 Å². The van der Waals surface area contributed by atoms with Gasteiger partial charge in [0.05, 0.1) is 6.61 Å². The Morgan fingerprint density at radius 1 is 0.929 bits per heavy atom. The maximum Gasteiger partial charge on any atom is 0.220 e. The van der Waals surface area contributed by atoms with Gasteiger partial charge in [0.15, 0.2) is 0 Å². The first-order valence-corrected chi connectivity index (χ1v) is 11.8. The minimum absolute atomic E-state index is 0.194. The summed E-state index contributed by atoms with van der Waals surface area (Å²) in [6, 6.07) is 8.72. The van der Waals surface area contributed by atoms with Gasteiger partial charge in [-0.2, -0.15) is 0 Å². The topological polar surface area (TPSA) is 38.3 Å². The first-order valence-electron chi connectivity index (χ1n) is 11.8. The molecule has 1 aliphatic carbocycles. The average Bonchev–Trinajstić information content (AvgIpc) is 2.69. The smallest absolute Gasteiger partial charge is 0.220 e. The summed E-state index contributed by atoms with van der Waals surface area (Å²) in [5, 5.41) is 3.30. The van der Waals surface area contributed by atoms with E-state index in [1.54, 1.807) is 0 Å². The molecule has 1 aromatic rings. The van der Waals surface area contributed by atoms with Crippen LogP contribution in [0.1, 0.15) is 102 Å². The third-order valence-electron chi connectivity index (χ3n) is 5.75. The third kappa shape index (κ3) is 10.1. The van der Waals surface area contributed by atoms with Crippen LogP contribution in [0, 0.1) is 0 Å². The largest absolute Gasteiger partial charge is 0.494 e. The Balaban J connectivity index is 1.62. The zero-order chi connectivity index (χ0) is 19.9. The van der Waals surface area contributed by atoms with Crippen molar-refractivity contribution in [2.75, 3.05) is 6.61 Å². The number of amides is 1. The fourth-order valence-corrected chi connectivity index (χ4v) is 4.07. The lowest BCUT2D eigenvalue weighted by Crippen LogP contribution is -2.35. The number of hydrogen-bond acceptors (Lipinski definition) is 2. The number of aryl methyl sites for hydroxylation is 1. The van der Waals surface area contributed by atoms with E-state index in [-0.39, 0.29) is 5.91 Å². The Morgan fingerprint density at radius 2 is 1.50 bits per heavy atom. The summed E-state index contributed by atoms with van der Waals surface area (Å²) >= 11 is 0. The van der Waals surface area contributed by atoms with Crippen LogP contribution in [0.15, 0.2) is 24.3 Å². The Bertz CT molecular complexity index is 514. The SMILES string of the molecule is CCCc1ccc(OCCCC(=O)NC2CCCCCCCCCCC2)cc1. The van der Waals surface area contributed by atoms with E-state index in [0.29, 0.717) is 19.1 Å². The van der Waals surface area contributed by atoms with Crippen molar-refractivity contribution in [1.29, 1.82) is 0 Å². The summed E-state index contributed by atoms with van der Waals surface area (Å²) in [4.78, 5) is 12.3. The molecular weight excluding hydrogens is 346 g/mol. The monoisotopic (exact) mass is 387 g/mol. The molecule has 1 aromatic carbocycles. The van der Waals surface area contributed by atoms with Crippen molar-refractivity contribution < 1.29 is 9.53 Å². The molecule has 0 heterocycles. The Labute approximate surface area is 172 Å². The van der Waals surface area contributed by atoms with Crippen molar-refractivity contribution >= 4 is 5.91 Å². The van der Waals surface area contributed by atoms with Crippen LogP contribution >= 0.6 is 0 Å². The molecule has 0 radical (unpaired) electrons. The van der Waals surface area contributed by atoms with Gasteiger partial charge in [-0.05, 0) is 43.4 Å². The second kappa shape index (κ2) is 14.5. The van der Waals surface area contributed by atoms with Crippen LogP contribution < -0.4 is 10.1 Å². The van der Waals surface area contributed by atoms with E-state index >= 15 is 0 Å². The number of carbonyl (C=O) groups is 1. The molecule has 158 valence electrons. The van der Waals surface area contributed by atoms with Crippen LogP contribution in [0.3, 0.4) is 0 Å². The molecular formula is C25H41NO2. The van der Waals surface area contributed by atoms with Crippen molar-refractivity contribution in [2.45, 2.75) is 109 Å². The highest BCUT2D eigenvalue weighted by Gasteiger charge is 2.12. The van der Waals surface area contributed by atoms with Crippen LogP contribution in [0.4, 0.5) is 0 Å². The van der Waals surface area contributed by atoms with Crippen molar-refractivity contribution in [1.82, 2.24) is 5.32 Å². The molecule has 1 aliphatic rings. The maximum atomic E-state index is 12.3. The van der Waals surface area contributed by atoms with Gasteiger partial charge < -0.3 is 10.1 Å². The Hall–Kier alpha value is -1.51. The molecule has 3 nitrogen and oxygen atoms in total. The minimum atomic E-state index is 0.194. The van der Waals surface area contributed by atoms with Crippen molar-refractivity contribution in [3.05, 3.63) is 29.8 Å². The zero-order valence-corrected chi connectivity index (χ0v) is 18.0. The third-order valence-corrected chi connectivity index (χ3v) is 5.75. The number of ether oxygens (including phenoxy) is 1. The predicted molar refractivity (Wildman–Crippen MR) is 118 cm³/mol. The molecule has 0 aliphatic heterocycles. The van der Waals surface area contributed by atoms with Crippen LogP contribution in [0.5, 0.6) is 5.75 Å². The number of carbonyl (C=O) groups excluding carboxylic acids is 1. The fourth-order valence-electron chi connectivity index (χ4n) is 4.07. The Morgan fingerprint density at radius 3 is 2.07 bits per heavy atom. The fraction of sp³-hybridized carbons (Fsp3) is 0.720. The number of benzene rings is 1. The average molecular weight is 388 g/mol. The van der Waals surface area contributed by atoms with Crippen LogP contribution in [0.25, 0.3) is 0 Å². The maximum absolute atomic E-state index is 12.3. The highest BCUT2D eigenvalue weighted by Crippen LogP contribution is 2.17. The van der Waals surface area contributed by atoms with Gasteiger partial charge >= 0.3 is 0 Å². The van der Waals surface area contributed by atoms with E-state index in [4.69, 9.17) is 4.74 Å². The predicted octanol–water partition coefficient (Wildman–Crippen LogP) is 6.59. The molecule has 2 rings (SSSR count). The van der Waals surface area contributed by atoms with Gasteiger partial charge in [0.25, 0.3) is 0 Å². The molecule has 1 saturated carbocycles. The van der Waals surface area contributed by atoms with E-state index in [1.165, 1.54) is 63.4 Å². The molecule has 0 spiro atoms. The minimum Gasteiger partial charge on any atom is -0.494 e. The van der Waals surface area contributed by atoms with E-state index in [9.17, 15) is 4.79 Å². The van der Waals surface area contributed by atoms with Gasteiger partial charge in [0.2, 0.25) is 5.91 Å². The lowest BCUT2D eigenvalue weighted by atomic mass is 9.98. The van der Waals surface area contributed by atoms with Gasteiger partial charge in [0, 0.05) is 12.5 Å². The summed E-state index contributed by atoms with van der Waals surface area (Å²) in [6.07, 6.45) is 17.9. The lowest BCUT2D eigenvalue weighted by molar-refractivity contribution is -0.122. The second-order valence-corrected chi connectivity index (χ2v) is 8.37. The van der Waals surface area contributed by atoms with Gasteiger partial charge in [-0.3, -0.25) is 4.79 Å². The molecule has 0 saturated heterocycles. The van der Waals surface area contributed by atoms with Gasteiger partial charge in [-0.25, -0.2) is 0 Å². The van der Waals surface area contributed by atoms with Crippen LogP contribution in [-0.2, 0) is 11.2 Å². The van der Waals surface area contributed by atoms with Crippen LogP contribution in [0.2, 0.25) is 0 Å². The van der Waals surface area contributed by atoms with E-state index in [2.05, 4.69) is 24.4 Å². The molecule has 1 fully saturated rings. The first-order chi connectivity index (χ1) is 13.8.